The number of aromatic nitrogens is 1. The molecule has 0 radical (unpaired) electrons. The summed E-state index contributed by atoms with van der Waals surface area (Å²) in [5.41, 5.74) is 2.15. The molecule has 5 nitrogen and oxygen atoms in total. The predicted molar refractivity (Wildman–Crippen MR) is 80.9 cm³/mol. The summed E-state index contributed by atoms with van der Waals surface area (Å²) < 4.78 is 15.7. The molecule has 2 aromatic rings. The zero-order chi connectivity index (χ0) is 15.1. The summed E-state index contributed by atoms with van der Waals surface area (Å²) in [5, 5.41) is 3.37. The Hall–Kier alpha value is -2.27. The van der Waals surface area contributed by atoms with Gasteiger partial charge in [0.15, 0.2) is 11.5 Å². The predicted octanol–water partition coefficient (Wildman–Crippen LogP) is 2.40. The molecule has 0 saturated carbocycles. The molecule has 0 bridgehead atoms. The summed E-state index contributed by atoms with van der Waals surface area (Å²) in [6, 6.07) is 9.77. The van der Waals surface area contributed by atoms with Crippen LogP contribution in [0.25, 0.3) is 0 Å². The first kappa shape index (κ1) is 15.1. The van der Waals surface area contributed by atoms with Crippen molar-refractivity contribution in [3.63, 3.8) is 0 Å². The van der Waals surface area contributed by atoms with E-state index in [0.717, 1.165) is 29.2 Å². The maximum absolute atomic E-state index is 5.30. The normalized spacial score (nSPS) is 10.2. The van der Waals surface area contributed by atoms with E-state index in [1.807, 2.05) is 30.3 Å². The Morgan fingerprint density at radius 3 is 2.48 bits per heavy atom. The third-order valence-corrected chi connectivity index (χ3v) is 3.14. The third-order valence-electron chi connectivity index (χ3n) is 3.14. The van der Waals surface area contributed by atoms with Gasteiger partial charge in [-0.05, 0) is 23.8 Å². The average molecular weight is 288 g/mol. The van der Waals surface area contributed by atoms with Crippen LogP contribution < -0.4 is 19.5 Å². The average Bonchev–Trinajstić information content (AvgIpc) is 2.55. The number of nitrogens with one attached hydrogen (secondary N) is 1. The number of benzene rings is 1. The van der Waals surface area contributed by atoms with Crippen molar-refractivity contribution in [3.8, 4) is 17.4 Å². The van der Waals surface area contributed by atoms with Crippen molar-refractivity contribution in [1.82, 2.24) is 10.3 Å². The van der Waals surface area contributed by atoms with Crippen molar-refractivity contribution in [1.29, 1.82) is 0 Å². The minimum atomic E-state index is 0.650. The third kappa shape index (κ3) is 3.86. The van der Waals surface area contributed by atoms with Crippen molar-refractivity contribution in [3.05, 3.63) is 47.7 Å². The molecule has 1 heterocycles. The SMILES string of the molecule is COc1ccc(CNCc2cccnc2OC)cc1OC. The zero-order valence-electron chi connectivity index (χ0n) is 12.6. The first-order valence-corrected chi connectivity index (χ1v) is 6.68. The van der Waals surface area contributed by atoms with Gasteiger partial charge in [-0.3, -0.25) is 0 Å². The van der Waals surface area contributed by atoms with Gasteiger partial charge in [0.1, 0.15) is 0 Å². The molecule has 0 unspecified atom stereocenters. The Morgan fingerprint density at radius 2 is 1.76 bits per heavy atom. The lowest BCUT2D eigenvalue weighted by atomic mass is 10.2. The number of rotatable bonds is 7. The Kier molecular flexibility index (Phi) is 5.40. The van der Waals surface area contributed by atoms with Crippen LogP contribution in [0.1, 0.15) is 11.1 Å². The van der Waals surface area contributed by atoms with E-state index in [1.54, 1.807) is 27.5 Å². The van der Waals surface area contributed by atoms with Gasteiger partial charge in [0, 0.05) is 24.8 Å². The van der Waals surface area contributed by atoms with E-state index in [-0.39, 0.29) is 0 Å². The molecular weight excluding hydrogens is 268 g/mol. The highest BCUT2D eigenvalue weighted by Gasteiger charge is 2.05. The summed E-state index contributed by atoms with van der Waals surface area (Å²) in [6.45, 7) is 1.41. The van der Waals surface area contributed by atoms with Crippen LogP contribution in [0.3, 0.4) is 0 Å². The highest BCUT2D eigenvalue weighted by Crippen LogP contribution is 2.27. The van der Waals surface area contributed by atoms with Crippen molar-refractivity contribution in [2.75, 3.05) is 21.3 Å². The molecule has 1 aromatic carbocycles. The summed E-state index contributed by atoms with van der Waals surface area (Å²) >= 11 is 0. The van der Waals surface area contributed by atoms with Crippen LogP contribution >= 0.6 is 0 Å². The summed E-state index contributed by atoms with van der Waals surface area (Å²) in [7, 11) is 4.89. The van der Waals surface area contributed by atoms with Crippen molar-refractivity contribution < 1.29 is 14.2 Å². The van der Waals surface area contributed by atoms with Gasteiger partial charge in [0.25, 0.3) is 0 Å². The molecule has 0 spiro atoms. The van der Waals surface area contributed by atoms with E-state index in [9.17, 15) is 0 Å². The molecule has 0 aliphatic carbocycles. The number of methoxy groups -OCH3 is 3. The monoisotopic (exact) mass is 288 g/mol. The topological polar surface area (TPSA) is 52.6 Å². The highest BCUT2D eigenvalue weighted by atomic mass is 16.5. The van der Waals surface area contributed by atoms with Gasteiger partial charge in [0.2, 0.25) is 5.88 Å². The van der Waals surface area contributed by atoms with Gasteiger partial charge in [-0.2, -0.15) is 0 Å². The van der Waals surface area contributed by atoms with Crippen LogP contribution in [0, 0.1) is 0 Å². The second kappa shape index (κ2) is 7.50. The van der Waals surface area contributed by atoms with Gasteiger partial charge in [-0.15, -0.1) is 0 Å². The molecular formula is C16H20N2O3. The fraction of sp³-hybridized carbons (Fsp3) is 0.312. The lowest BCUT2D eigenvalue weighted by molar-refractivity contribution is 0.354. The van der Waals surface area contributed by atoms with Gasteiger partial charge in [-0.1, -0.05) is 12.1 Å². The van der Waals surface area contributed by atoms with E-state index in [0.29, 0.717) is 12.4 Å². The molecule has 21 heavy (non-hydrogen) atoms. The van der Waals surface area contributed by atoms with Crippen LogP contribution in [0.4, 0.5) is 0 Å². The fourth-order valence-corrected chi connectivity index (χ4v) is 2.07. The van der Waals surface area contributed by atoms with Crippen molar-refractivity contribution in [2.24, 2.45) is 0 Å². The van der Waals surface area contributed by atoms with Crippen molar-refractivity contribution in [2.45, 2.75) is 13.1 Å². The molecule has 0 atom stereocenters. The highest BCUT2D eigenvalue weighted by molar-refractivity contribution is 5.42. The largest absolute Gasteiger partial charge is 0.493 e. The Bertz CT molecular complexity index is 587. The van der Waals surface area contributed by atoms with Crippen LogP contribution in [-0.4, -0.2) is 26.3 Å². The van der Waals surface area contributed by atoms with E-state index >= 15 is 0 Å². The van der Waals surface area contributed by atoms with Crippen molar-refractivity contribution >= 4 is 0 Å². The van der Waals surface area contributed by atoms with Crippen LogP contribution in [0.5, 0.6) is 17.4 Å². The second-order valence-corrected chi connectivity index (χ2v) is 4.46. The number of ether oxygens (including phenoxy) is 3. The first-order chi connectivity index (χ1) is 10.3. The lowest BCUT2D eigenvalue weighted by Crippen LogP contribution is -2.13. The molecule has 2 rings (SSSR count). The second-order valence-electron chi connectivity index (χ2n) is 4.46. The minimum Gasteiger partial charge on any atom is -0.493 e. The van der Waals surface area contributed by atoms with E-state index < -0.39 is 0 Å². The number of nitrogens with zero attached hydrogens (tertiary/aromatic N) is 1. The number of hydrogen-bond acceptors (Lipinski definition) is 5. The van der Waals surface area contributed by atoms with Crippen LogP contribution in [0.15, 0.2) is 36.5 Å². The summed E-state index contributed by atoms with van der Waals surface area (Å²) in [4.78, 5) is 4.17. The quantitative estimate of drug-likeness (QED) is 0.848. The van der Waals surface area contributed by atoms with E-state index in [1.165, 1.54) is 0 Å². The number of hydrogen-bond donors (Lipinski definition) is 1. The van der Waals surface area contributed by atoms with Crippen LogP contribution in [-0.2, 0) is 13.1 Å². The first-order valence-electron chi connectivity index (χ1n) is 6.68. The molecule has 0 fully saturated rings. The standard InChI is InChI=1S/C16H20N2O3/c1-19-14-7-6-12(9-15(14)20-2)10-17-11-13-5-4-8-18-16(13)21-3/h4-9,17H,10-11H2,1-3H3. The smallest absolute Gasteiger partial charge is 0.217 e. The van der Waals surface area contributed by atoms with Gasteiger partial charge in [-0.25, -0.2) is 4.98 Å². The maximum atomic E-state index is 5.30. The molecule has 1 aromatic heterocycles. The molecule has 1 N–H and O–H groups in total. The molecule has 0 aliphatic heterocycles. The minimum absolute atomic E-state index is 0.650. The van der Waals surface area contributed by atoms with Gasteiger partial charge in [0.05, 0.1) is 21.3 Å². The Morgan fingerprint density at radius 1 is 0.952 bits per heavy atom. The van der Waals surface area contributed by atoms with Gasteiger partial charge < -0.3 is 19.5 Å². The molecule has 112 valence electrons. The van der Waals surface area contributed by atoms with E-state index in [2.05, 4.69) is 10.3 Å². The molecule has 0 saturated heterocycles. The summed E-state index contributed by atoms with van der Waals surface area (Å²) in [5.74, 6) is 2.11. The number of pyridine rings is 1. The lowest BCUT2D eigenvalue weighted by Gasteiger charge is -2.11. The Labute approximate surface area is 124 Å². The van der Waals surface area contributed by atoms with Gasteiger partial charge >= 0.3 is 0 Å². The Balaban J connectivity index is 1.97. The fourth-order valence-electron chi connectivity index (χ4n) is 2.07. The van der Waals surface area contributed by atoms with E-state index in [4.69, 9.17) is 14.2 Å². The molecule has 0 aliphatic rings. The molecule has 5 heteroatoms. The summed E-state index contributed by atoms with van der Waals surface area (Å²) in [6.07, 6.45) is 1.72. The maximum Gasteiger partial charge on any atom is 0.217 e. The molecule has 0 amide bonds. The zero-order valence-corrected chi connectivity index (χ0v) is 12.6. The van der Waals surface area contributed by atoms with Crippen LogP contribution in [0.2, 0.25) is 0 Å².